The number of methoxy groups -OCH3 is 1. The largest absolute Gasteiger partial charge is 0.497 e. The summed E-state index contributed by atoms with van der Waals surface area (Å²) in [6.45, 7) is 2.83. The molecule has 3 amide bonds. The quantitative estimate of drug-likeness (QED) is 0.299. The second-order valence-electron chi connectivity index (χ2n) is 5.00. The van der Waals surface area contributed by atoms with Gasteiger partial charge >= 0.3 is 17.9 Å². The number of carbonyl (C=O) groups excluding carboxylic acids is 3. The van der Waals surface area contributed by atoms with Crippen molar-refractivity contribution in [1.82, 2.24) is 16.2 Å². The van der Waals surface area contributed by atoms with Crippen molar-refractivity contribution >= 4 is 17.9 Å². The van der Waals surface area contributed by atoms with Crippen LogP contribution in [-0.4, -0.2) is 31.6 Å². The molecule has 0 bridgehead atoms. The summed E-state index contributed by atoms with van der Waals surface area (Å²) in [5.41, 5.74) is 6.09. The Balaban J connectivity index is 2.25. The maximum absolute atomic E-state index is 11.5. The second-order valence-corrected chi connectivity index (χ2v) is 5.00. The van der Waals surface area contributed by atoms with Crippen LogP contribution in [0.3, 0.4) is 0 Å². The van der Waals surface area contributed by atoms with Crippen LogP contribution in [0.15, 0.2) is 42.2 Å². The Morgan fingerprint density at radius 3 is 2.48 bits per heavy atom. The first-order valence-corrected chi connectivity index (χ1v) is 7.82. The van der Waals surface area contributed by atoms with Gasteiger partial charge in [-0.25, -0.2) is 15.0 Å². The molecule has 0 aliphatic carbocycles. The van der Waals surface area contributed by atoms with E-state index in [0.717, 1.165) is 24.7 Å². The minimum absolute atomic E-state index is 0.355. The van der Waals surface area contributed by atoms with E-state index in [1.807, 2.05) is 42.7 Å². The number of nitrogens with one attached hydrogen (secondary N) is 3. The van der Waals surface area contributed by atoms with Gasteiger partial charge in [-0.15, -0.1) is 0 Å². The van der Waals surface area contributed by atoms with Crippen LogP contribution >= 0.6 is 0 Å². The third-order valence-electron chi connectivity index (χ3n) is 3.19. The summed E-state index contributed by atoms with van der Waals surface area (Å²) in [4.78, 5) is 33.4. The molecule has 0 aliphatic heterocycles. The molecule has 0 saturated carbocycles. The van der Waals surface area contributed by atoms with E-state index in [1.54, 1.807) is 6.26 Å². The third kappa shape index (κ3) is 8.40. The lowest BCUT2D eigenvalue weighted by molar-refractivity contribution is -0.153. The summed E-state index contributed by atoms with van der Waals surface area (Å²) in [7, 11) is 1.07. The monoisotopic (exact) mass is 349 g/mol. The van der Waals surface area contributed by atoms with Crippen molar-refractivity contribution in [3.05, 3.63) is 47.7 Å². The molecular weight excluding hydrogens is 326 g/mol. The molecule has 0 atom stereocenters. The fraction of sp³-hybridized carbons (Fsp3) is 0.353. The molecule has 0 heterocycles. The SMILES string of the molecule is CC/C(=C/OCc1ccccc1)CCNC(=O)NNC(=O)C(=O)OC. The van der Waals surface area contributed by atoms with E-state index in [-0.39, 0.29) is 0 Å². The average Bonchev–Trinajstić information content (AvgIpc) is 2.64. The number of urea groups is 1. The van der Waals surface area contributed by atoms with Crippen LogP contribution in [0.4, 0.5) is 4.79 Å². The highest BCUT2D eigenvalue weighted by molar-refractivity contribution is 6.32. The zero-order chi connectivity index (χ0) is 18.5. The molecule has 0 saturated heterocycles. The van der Waals surface area contributed by atoms with E-state index in [2.05, 4.69) is 15.5 Å². The third-order valence-corrected chi connectivity index (χ3v) is 3.19. The number of amides is 3. The van der Waals surface area contributed by atoms with E-state index in [1.165, 1.54) is 0 Å². The Labute approximate surface area is 146 Å². The normalized spacial score (nSPS) is 10.6. The smallest absolute Gasteiger partial charge is 0.398 e. The first-order valence-electron chi connectivity index (χ1n) is 7.82. The number of hydrogen-bond acceptors (Lipinski definition) is 5. The highest BCUT2D eigenvalue weighted by atomic mass is 16.5. The molecule has 0 unspecified atom stereocenters. The molecule has 0 fully saturated rings. The number of ether oxygens (including phenoxy) is 2. The predicted octanol–water partition coefficient (Wildman–Crippen LogP) is 1.39. The Morgan fingerprint density at radius 2 is 1.84 bits per heavy atom. The first kappa shape index (κ1) is 20.0. The molecular formula is C17H23N3O5. The number of carbonyl (C=O) groups is 3. The van der Waals surface area contributed by atoms with E-state index >= 15 is 0 Å². The fourth-order valence-electron chi connectivity index (χ4n) is 1.79. The number of rotatable bonds is 7. The zero-order valence-electron chi connectivity index (χ0n) is 14.3. The average molecular weight is 349 g/mol. The van der Waals surface area contributed by atoms with Crippen LogP contribution in [0.5, 0.6) is 0 Å². The van der Waals surface area contributed by atoms with Crippen LogP contribution < -0.4 is 16.2 Å². The lowest BCUT2D eigenvalue weighted by Gasteiger charge is -2.09. The highest BCUT2D eigenvalue weighted by Gasteiger charge is 2.13. The molecule has 25 heavy (non-hydrogen) atoms. The fourth-order valence-corrected chi connectivity index (χ4v) is 1.79. The molecule has 0 aromatic heterocycles. The van der Waals surface area contributed by atoms with E-state index in [0.29, 0.717) is 19.6 Å². The molecule has 8 nitrogen and oxygen atoms in total. The number of hydrazine groups is 1. The van der Waals surface area contributed by atoms with Crippen LogP contribution in [0.1, 0.15) is 25.3 Å². The van der Waals surface area contributed by atoms with Crippen molar-refractivity contribution in [2.24, 2.45) is 0 Å². The van der Waals surface area contributed by atoms with Gasteiger partial charge in [0.2, 0.25) is 0 Å². The predicted molar refractivity (Wildman–Crippen MR) is 90.9 cm³/mol. The summed E-state index contributed by atoms with van der Waals surface area (Å²) in [5.74, 6) is -2.15. The Kier molecular flexibility index (Phi) is 9.20. The summed E-state index contributed by atoms with van der Waals surface area (Å²) < 4.78 is 9.75. The molecule has 3 N–H and O–H groups in total. The summed E-state index contributed by atoms with van der Waals surface area (Å²) in [6.07, 6.45) is 3.09. The van der Waals surface area contributed by atoms with Gasteiger partial charge in [-0.2, -0.15) is 0 Å². The van der Waals surface area contributed by atoms with Crippen molar-refractivity contribution in [2.45, 2.75) is 26.4 Å². The van der Waals surface area contributed by atoms with Gasteiger partial charge in [0, 0.05) is 6.54 Å². The number of esters is 1. The zero-order valence-corrected chi connectivity index (χ0v) is 14.3. The van der Waals surface area contributed by atoms with Gasteiger partial charge in [0.15, 0.2) is 0 Å². The molecule has 136 valence electrons. The molecule has 0 aliphatic rings. The van der Waals surface area contributed by atoms with Crippen LogP contribution in [0.25, 0.3) is 0 Å². The second kappa shape index (κ2) is 11.5. The minimum atomic E-state index is -1.09. The first-order chi connectivity index (χ1) is 12.1. The van der Waals surface area contributed by atoms with Gasteiger partial charge in [-0.1, -0.05) is 37.3 Å². The number of hydrogen-bond donors (Lipinski definition) is 3. The molecule has 1 aromatic rings. The Hall–Kier alpha value is -3.03. The van der Waals surface area contributed by atoms with Crippen molar-refractivity contribution in [2.75, 3.05) is 13.7 Å². The van der Waals surface area contributed by atoms with Crippen molar-refractivity contribution in [3.8, 4) is 0 Å². The minimum Gasteiger partial charge on any atom is -0.497 e. The topological polar surface area (TPSA) is 106 Å². The van der Waals surface area contributed by atoms with Crippen LogP contribution in [0, 0.1) is 0 Å². The Bertz CT molecular complexity index is 602. The van der Waals surface area contributed by atoms with E-state index in [4.69, 9.17) is 4.74 Å². The van der Waals surface area contributed by atoms with Gasteiger partial charge in [0.25, 0.3) is 0 Å². The van der Waals surface area contributed by atoms with E-state index < -0.39 is 17.9 Å². The maximum Gasteiger partial charge on any atom is 0.398 e. The van der Waals surface area contributed by atoms with Gasteiger partial charge in [0.05, 0.1) is 13.4 Å². The van der Waals surface area contributed by atoms with Gasteiger partial charge in [0.1, 0.15) is 6.61 Å². The summed E-state index contributed by atoms with van der Waals surface area (Å²) in [6, 6.07) is 9.18. The summed E-state index contributed by atoms with van der Waals surface area (Å²) >= 11 is 0. The van der Waals surface area contributed by atoms with Crippen molar-refractivity contribution < 1.29 is 23.9 Å². The molecule has 1 rings (SSSR count). The highest BCUT2D eigenvalue weighted by Crippen LogP contribution is 2.08. The molecule has 8 heteroatoms. The van der Waals surface area contributed by atoms with Gasteiger partial charge < -0.3 is 14.8 Å². The van der Waals surface area contributed by atoms with Crippen molar-refractivity contribution in [1.29, 1.82) is 0 Å². The van der Waals surface area contributed by atoms with Crippen molar-refractivity contribution in [3.63, 3.8) is 0 Å². The van der Waals surface area contributed by atoms with Crippen LogP contribution in [-0.2, 0) is 25.7 Å². The maximum atomic E-state index is 11.5. The molecule has 0 radical (unpaired) electrons. The number of benzene rings is 1. The molecule has 0 spiro atoms. The molecule has 1 aromatic carbocycles. The van der Waals surface area contributed by atoms with Gasteiger partial charge in [-0.05, 0) is 24.0 Å². The standard InChI is InChI=1S/C17H23N3O5/c1-3-13(11-25-12-14-7-5-4-6-8-14)9-10-18-17(23)20-19-15(21)16(22)24-2/h4-8,11H,3,9-10,12H2,1-2H3,(H,19,21)(H2,18,20,23)/b13-11-. The lowest BCUT2D eigenvalue weighted by atomic mass is 10.1. The van der Waals surface area contributed by atoms with Gasteiger partial charge in [-0.3, -0.25) is 10.2 Å². The summed E-state index contributed by atoms with van der Waals surface area (Å²) in [5, 5.41) is 2.55. The van der Waals surface area contributed by atoms with Crippen LogP contribution in [0.2, 0.25) is 0 Å². The lowest BCUT2D eigenvalue weighted by Crippen LogP contribution is -2.49. The Morgan fingerprint density at radius 1 is 1.12 bits per heavy atom. The van der Waals surface area contributed by atoms with E-state index in [9.17, 15) is 14.4 Å².